The van der Waals surface area contributed by atoms with Gasteiger partial charge >= 0.3 is 6.03 Å². The van der Waals surface area contributed by atoms with E-state index in [0.717, 1.165) is 27.3 Å². The van der Waals surface area contributed by atoms with Gasteiger partial charge in [0.1, 0.15) is 18.0 Å². The molecular formula is C27H30N4O4. The van der Waals surface area contributed by atoms with Gasteiger partial charge in [-0.1, -0.05) is 24.3 Å². The van der Waals surface area contributed by atoms with Gasteiger partial charge in [-0.15, -0.1) is 0 Å². The number of rotatable bonds is 5. The first-order valence-electron chi connectivity index (χ1n) is 11.4. The lowest BCUT2D eigenvalue weighted by molar-refractivity contribution is -0.127. The molecule has 4 rings (SSSR count). The molecule has 35 heavy (non-hydrogen) atoms. The summed E-state index contributed by atoms with van der Waals surface area (Å²) in [7, 11) is 3.59. The number of aryl methyl sites for hydroxylation is 1. The number of urea groups is 1. The van der Waals surface area contributed by atoms with Crippen molar-refractivity contribution in [2.24, 2.45) is 0 Å². The van der Waals surface area contributed by atoms with Crippen molar-refractivity contribution in [3.63, 3.8) is 0 Å². The van der Waals surface area contributed by atoms with Gasteiger partial charge in [-0.25, -0.2) is 9.69 Å². The molecule has 0 aliphatic carbocycles. The predicted octanol–water partition coefficient (Wildman–Crippen LogP) is 4.17. The third-order valence-corrected chi connectivity index (χ3v) is 6.55. The van der Waals surface area contributed by atoms with E-state index >= 15 is 0 Å². The number of hydrogen-bond acceptors (Lipinski definition) is 5. The highest BCUT2D eigenvalue weighted by molar-refractivity contribution is 6.16. The molecule has 0 atom stereocenters. The summed E-state index contributed by atoms with van der Waals surface area (Å²) in [5.41, 5.74) is 5.26. The van der Waals surface area contributed by atoms with Crippen molar-refractivity contribution in [2.45, 2.75) is 33.2 Å². The Kier molecular flexibility index (Phi) is 6.15. The number of imide groups is 1. The van der Waals surface area contributed by atoms with E-state index in [2.05, 4.69) is 35.5 Å². The van der Waals surface area contributed by atoms with Crippen LogP contribution in [-0.4, -0.2) is 49.0 Å². The third-order valence-electron chi connectivity index (χ3n) is 6.55. The summed E-state index contributed by atoms with van der Waals surface area (Å²) in [4.78, 5) is 41.1. The van der Waals surface area contributed by atoms with E-state index in [1.807, 2.05) is 45.2 Å². The van der Waals surface area contributed by atoms with Crippen molar-refractivity contribution >= 4 is 40.9 Å². The number of allylic oxidation sites excluding steroid dienone is 1. The molecule has 2 heterocycles. The highest BCUT2D eigenvalue weighted by Crippen LogP contribution is 2.41. The third kappa shape index (κ3) is 4.51. The van der Waals surface area contributed by atoms with Gasteiger partial charge in [0.15, 0.2) is 0 Å². The average Bonchev–Trinajstić information content (AvgIpc) is 3.06. The number of nitrogens with one attached hydrogen (secondary N) is 2. The fourth-order valence-corrected chi connectivity index (χ4v) is 4.40. The maximum Gasteiger partial charge on any atom is 0.329 e. The number of carbonyl (C=O) groups is 3. The van der Waals surface area contributed by atoms with Gasteiger partial charge in [0.2, 0.25) is 5.91 Å². The van der Waals surface area contributed by atoms with Crippen LogP contribution in [0.5, 0.6) is 5.75 Å². The van der Waals surface area contributed by atoms with E-state index in [0.29, 0.717) is 17.0 Å². The number of carbonyl (C=O) groups excluding carboxylic acids is 3. The van der Waals surface area contributed by atoms with Gasteiger partial charge in [0.25, 0.3) is 5.91 Å². The Labute approximate surface area is 205 Å². The van der Waals surface area contributed by atoms with E-state index in [1.165, 1.54) is 0 Å². The van der Waals surface area contributed by atoms with Crippen LogP contribution in [0.2, 0.25) is 0 Å². The molecule has 2 N–H and O–H groups in total. The van der Waals surface area contributed by atoms with Crippen molar-refractivity contribution in [1.82, 2.24) is 10.2 Å². The molecule has 182 valence electrons. The standard InChI is InChI=1S/C27H30N4O4/c1-16-9-7-8-10-20(16)28-24(32)15-31-25(33)21(29-26(31)34)12-18-11-19-17(2)14-27(3,4)30(5)22(19)13-23(18)35-6/h7-14H,15H2,1-6H3,(H,28,32)(H,29,34)/b21-12+. The van der Waals surface area contributed by atoms with Crippen LogP contribution in [0, 0.1) is 6.92 Å². The van der Waals surface area contributed by atoms with Crippen LogP contribution in [0.1, 0.15) is 37.5 Å². The molecule has 0 radical (unpaired) electrons. The van der Waals surface area contributed by atoms with E-state index < -0.39 is 17.8 Å². The monoisotopic (exact) mass is 474 g/mol. The smallest absolute Gasteiger partial charge is 0.329 e. The zero-order chi connectivity index (χ0) is 25.5. The zero-order valence-electron chi connectivity index (χ0n) is 20.9. The summed E-state index contributed by atoms with van der Waals surface area (Å²) >= 11 is 0. The quantitative estimate of drug-likeness (QED) is 0.502. The van der Waals surface area contributed by atoms with Gasteiger partial charge in [-0.2, -0.15) is 0 Å². The summed E-state index contributed by atoms with van der Waals surface area (Å²) in [6.45, 7) is 7.80. The summed E-state index contributed by atoms with van der Waals surface area (Å²) in [6.07, 6.45) is 3.78. The molecule has 0 bridgehead atoms. The zero-order valence-corrected chi connectivity index (χ0v) is 20.9. The molecule has 8 heteroatoms. The minimum atomic E-state index is -0.643. The Balaban J connectivity index is 1.59. The van der Waals surface area contributed by atoms with Crippen LogP contribution in [0.3, 0.4) is 0 Å². The predicted molar refractivity (Wildman–Crippen MR) is 137 cm³/mol. The van der Waals surface area contributed by atoms with Gasteiger partial charge in [0.05, 0.1) is 12.6 Å². The Morgan fingerprint density at radius 3 is 2.57 bits per heavy atom. The Morgan fingerprint density at radius 2 is 1.89 bits per heavy atom. The minimum absolute atomic E-state index is 0.0862. The molecule has 1 fully saturated rings. The van der Waals surface area contributed by atoms with Crippen LogP contribution >= 0.6 is 0 Å². The van der Waals surface area contributed by atoms with E-state index in [1.54, 1.807) is 25.3 Å². The molecule has 8 nitrogen and oxygen atoms in total. The maximum absolute atomic E-state index is 13.0. The van der Waals surface area contributed by atoms with Crippen LogP contribution in [0.25, 0.3) is 11.6 Å². The summed E-state index contributed by atoms with van der Waals surface area (Å²) in [5, 5.41) is 5.33. The molecule has 1 saturated heterocycles. The van der Waals surface area contributed by atoms with Crippen LogP contribution in [-0.2, 0) is 9.59 Å². The van der Waals surface area contributed by atoms with Gasteiger partial charge in [0, 0.05) is 35.6 Å². The van der Waals surface area contributed by atoms with Gasteiger partial charge < -0.3 is 20.3 Å². The van der Waals surface area contributed by atoms with Crippen molar-refractivity contribution in [3.05, 3.63) is 64.9 Å². The maximum atomic E-state index is 13.0. The Morgan fingerprint density at radius 1 is 1.17 bits per heavy atom. The highest BCUT2D eigenvalue weighted by atomic mass is 16.5. The molecule has 0 saturated carbocycles. The number of para-hydroxylation sites is 1. The molecule has 2 aliphatic rings. The van der Waals surface area contributed by atoms with Gasteiger partial charge in [-0.3, -0.25) is 9.59 Å². The lowest BCUT2D eigenvalue weighted by atomic mass is 9.88. The fourth-order valence-electron chi connectivity index (χ4n) is 4.40. The molecule has 2 aliphatic heterocycles. The minimum Gasteiger partial charge on any atom is -0.496 e. The number of anilines is 2. The lowest BCUT2D eigenvalue weighted by Crippen LogP contribution is -2.42. The van der Waals surface area contributed by atoms with Crippen molar-refractivity contribution < 1.29 is 19.1 Å². The average molecular weight is 475 g/mol. The second kappa shape index (κ2) is 8.94. The first-order valence-corrected chi connectivity index (χ1v) is 11.4. The topological polar surface area (TPSA) is 91.0 Å². The Bertz CT molecular complexity index is 1290. The van der Waals surface area contributed by atoms with Crippen molar-refractivity contribution in [3.8, 4) is 5.75 Å². The van der Waals surface area contributed by atoms with Crippen molar-refractivity contribution in [2.75, 3.05) is 30.9 Å². The van der Waals surface area contributed by atoms with Crippen molar-refractivity contribution in [1.29, 1.82) is 0 Å². The molecule has 0 spiro atoms. The van der Waals surface area contributed by atoms with E-state index in [9.17, 15) is 14.4 Å². The molecule has 0 aromatic heterocycles. The number of nitrogens with zero attached hydrogens (tertiary/aromatic N) is 2. The number of hydrogen-bond donors (Lipinski definition) is 2. The number of ether oxygens (including phenoxy) is 1. The fraction of sp³-hybridized carbons (Fsp3) is 0.296. The van der Waals surface area contributed by atoms with Crippen LogP contribution in [0.15, 0.2) is 48.2 Å². The second-order valence-corrected chi connectivity index (χ2v) is 9.39. The van der Waals surface area contributed by atoms with Crippen LogP contribution in [0.4, 0.5) is 16.2 Å². The molecule has 4 amide bonds. The largest absolute Gasteiger partial charge is 0.496 e. The first kappa shape index (κ1) is 24.1. The molecule has 2 aromatic carbocycles. The highest BCUT2D eigenvalue weighted by Gasteiger charge is 2.35. The van der Waals surface area contributed by atoms with Crippen LogP contribution < -0.4 is 20.3 Å². The van der Waals surface area contributed by atoms with E-state index in [-0.39, 0.29) is 17.8 Å². The van der Waals surface area contributed by atoms with Gasteiger partial charge in [-0.05, 0) is 57.0 Å². The number of likely N-dealkylation sites (N-methyl/N-ethyl adjacent to an activating group) is 1. The summed E-state index contributed by atoms with van der Waals surface area (Å²) in [6, 6.07) is 10.5. The summed E-state index contributed by atoms with van der Waals surface area (Å²) < 4.78 is 5.61. The molecule has 2 aromatic rings. The number of benzene rings is 2. The number of amides is 4. The first-order chi connectivity index (χ1) is 16.5. The van der Waals surface area contributed by atoms with E-state index in [4.69, 9.17) is 4.74 Å². The lowest BCUT2D eigenvalue weighted by Gasteiger charge is -2.41. The normalized spacial score (nSPS) is 17.8. The second-order valence-electron chi connectivity index (χ2n) is 9.39. The number of fused-ring (bicyclic) bond motifs is 1. The SMILES string of the molecule is COc1cc2c(cc1/C=C1/NC(=O)N(CC(=O)Nc3ccccc3C)C1=O)C(C)=CC(C)(C)N2C. The Hall–Kier alpha value is -4.07. The number of methoxy groups -OCH3 is 1. The molecule has 0 unspecified atom stereocenters. The summed E-state index contributed by atoms with van der Waals surface area (Å²) in [5.74, 6) is -0.451. The molecular weight excluding hydrogens is 444 g/mol.